The fourth-order valence-electron chi connectivity index (χ4n) is 8.64. The Morgan fingerprint density at radius 2 is 1.97 bits per heavy atom. The van der Waals surface area contributed by atoms with Gasteiger partial charge in [0.05, 0.1) is 17.6 Å². The second-order valence-corrected chi connectivity index (χ2v) is 11.8. The number of hydrogen-bond acceptors (Lipinski definition) is 3. The Kier molecular flexibility index (Phi) is 5.14. The Balaban J connectivity index is 1.19. The lowest BCUT2D eigenvalue weighted by atomic mass is 9.47. The van der Waals surface area contributed by atoms with Crippen molar-refractivity contribution in [1.82, 2.24) is 20.2 Å². The highest BCUT2D eigenvalue weighted by Crippen LogP contribution is 2.65. The van der Waals surface area contributed by atoms with Gasteiger partial charge in [0.1, 0.15) is 5.82 Å². The van der Waals surface area contributed by atoms with Gasteiger partial charge in [-0.05, 0) is 79.9 Å². The Hall–Kier alpha value is -2.70. The van der Waals surface area contributed by atoms with Gasteiger partial charge in [-0.1, -0.05) is 26.0 Å². The van der Waals surface area contributed by atoms with Gasteiger partial charge in [-0.25, -0.2) is 9.37 Å². The number of carbonyl (C=O) groups is 2. The highest BCUT2D eigenvalue weighted by molar-refractivity contribution is 5.92. The Labute approximate surface area is 205 Å². The number of fused-ring (bicyclic) bond motifs is 6. The molecule has 186 valence electrons. The molecule has 6 nitrogen and oxygen atoms in total. The number of rotatable bonds is 3. The van der Waals surface area contributed by atoms with Crippen molar-refractivity contribution in [2.45, 2.75) is 65.0 Å². The van der Waals surface area contributed by atoms with Gasteiger partial charge in [-0.3, -0.25) is 9.59 Å². The number of halogens is 1. The number of aromatic amines is 1. The van der Waals surface area contributed by atoms with E-state index in [1.807, 2.05) is 24.3 Å². The van der Waals surface area contributed by atoms with E-state index < -0.39 is 11.7 Å². The second kappa shape index (κ2) is 7.90. The lowest BCUT2D eigenvalue weighted by Crippen LogP contribution is -2.60. The molecular formula is C28H35FN4O2. The van der Waals surface area contributed by atoms with Crippen LogP contribution in [0.2, 0.25) is 0 Å². The molecule has 0 radical (unpaired) electrons. The van der Waals surface area contributed by atoms with Crippen molar-refractivity contribution < 1.29 is 14.0 Å². The normalized spacial score (nSPS) is 38.5. The maximum atomic E-state index is 14.6. The molecule has 0 saturated heterocycles. The molecule has 0 unspecified atom stereocenters. The van der Waals surface area contributed by atoms with Gasteiger partial charge in [-0.2, -0.15) is 0 Å². The molecule has 3 aliphatic carbocycles. The number of hydrogen-bond donors (Lipinski definition) is 2. The third-order valence-corrected chi connectivity index (χ3v) is 10.3. The lowest BCUT2D eigenvalue weighted by Gasteiger charge is -2.60. The number of imidazole rings is 1. The summed E-state index contributed by atoms with van der Waals surface area (Å²) in [4.78, 5) is 35.2. The molecule has 1 aromatic carbocycles. The van der Waals surface area contributed by atoms with Crippen LogP contribution < -0.4 is 5.32 Å². The monoisotopic (exact) mass is 478 g/mol. The maximum absolute atomic E-state index is 14.6. The summed E-state index contributed by atoms with van der Waals surface area (Å²) >= 11 is 0. The van der Waals surface area contributed by atoms with Crippen LogP contribution in [0.4, 0.5) is 4.39 Å². The third-order valence-electron chi connectivity index (χ3n) is 10.3. The molecule has 1 aliphatic heterocycles. The summed E-state index contributed by atoms with van der Waals surface area (Å²) in [5.74, 6) is 1.09. The molecular weight excluding hydrogens is 443 g/mol. The van der Waals surface area contributed by atoms with Gasteiger partial charge in [0.2, 0.25) is 5.91 Å². The van der Waals surface area contributed by atoms with E-state index in [0.29, 0.717) is 24.3 Å². The average molecular weight is 479 g/mol. The average Bonchev–Trinajstić information content (AvgIpc) is 3.41. The fourth-order valence-corrected chi connectivity index (χ4v) is 8.64. The molecule has 7 atom stereocenters. The SMILES string of the molecule is CN1C(=O)C(F)=C[C@]2(C)[C@H]3CC[C@]4(C)[C@@H](C(=O)NCc5nc6ccccc6[nH]5)CC[C@H]4[C@@H]3CC[C@@H]12. The van der Waals surface area contributed by atoms with E-state index in [4.69, 9.17) is 0 Å². The van der Waals surface area contributed by atoms with E-state index in [2.05, 4.69) is 29.1 Å². The topological polar surface area (TPSA) is 78.1 Å². The van der Waals surface area contributed by atoms with Crippen molar-refractivity contribution in [1.29, 1.82) is 0 Å². The summed E-state index contributed by atoms with van der Waals surface area (Å²) in [5, 5.41) is 3.17. The number of benzene rings is 1. The van der Waals surface area contributed by atoms with Crippen LogP contribution in [0.1, 0.15) is 58.2 Å². The van der Waals surface area contributed by atoms with Crippen LogP contribution >= 0.6 is 0 Å². The standard InChI is InChI=1S/C28H35FN4O2/c1-27-13-12-18-16(8-11-23-28(18,2)14-20(29)26(35)33(23)3)17(27)9-10-19(27)25(34)30-15-24-31-21-6-4-5-7-22(21)32-24/h4-7,14,16-19,23H,8-13,15H2,1-3H3,(H,30,34)(H,31,32)/t16-,17-,18-,19+,23+,27-,28+/m0/s1. The minimum absolute atomic E-state index is 0.00811. The minimum atomic E-state index is -0.602. The van der Waals surface area contributed by atoms with Crippen molar-refractivity contribution in [3.8, 4) is 0 Å². The number of nitrogens with zero attached hydrogens (tertiary/aromatic N) is 2. The van der Waals surface area contributed by atoms with Crippen molar-refractivity contribution in [2.24, 2.45) is 34.5 Å². The molecule has 1 aromatic heterocycles. The molecule has 2 heterocycles. The van der Waals surface area contributed by atoms with Crippen LogP contribution in [-0.4, -0.2) is 39.8 Å². The van der Waals surface area contributed by atoms with E-state index >= 15 is 0 Å². The molecule has 35 heavy (non-hydrogen) atoms. The van der Waals surface area contributed by atoms with E-state index in [1.54, 1.807) is 18.0 Å². The predicted molar refractivity (Wildman–Crippen MR) is 132 cm³/mol. The van der Waals surface area contributed by atoms with E-state index in [1.165, 1.54) is 0 Å². The second-order valence-electron chi connectivity index (χ2n) is 11.8. The first-order chi connectivity index (χ1) is 16.7. The minimum Gasteiger partial charge on any atom is -0.349 e. The first kappa shape index (κ1) is 22.7. The fraction of sp³-hybridized carbons (Fsp3) is 0.607. The Bertz CT molecular complexity index is 1190. The predicted octanol–water partition coefficient (Wildman–Crippen LogP) is 4.73. The lowest BCUT2D eigenvalue weighted by molar-refractivity contribution is -0.145. The van der Waals surface area contributed by atoms with E-state index in [0.717, 1.165) is 55.4 Å². The van der Waals surface area contributed by atoms with Crippen molar-refractivity contribution in [2.75, 3.05) is 7.05 Å². The summed E-state index contributed by atoms with van der Waals surface area (Å²) in [6.07, 6.45) is 7.48. The molecule has 2 N–H and O–H groups in total. The summed E-state index contributed by atoms with van der Waals surface area (Å²) in [6.45, 7) is 4.88. The first-order valence-corrected chi connectivity index (χ1v) is 13.1. The van der Waals surface area contributed by atoms with Gasteiger partial charge in [0.25, 0.3) is 5.91 Å². The van der Waals surface area contributed by atoms with Crippen LogP contribution in [0.15, 0.2) is 36.2 Å². The molecule has 6 rings (SSSR count). The maximum Gasteiger partial charge on any atom is 0.282 e. The van der Waals surface area contributed by atoms with E-state index in [9.17, 15) is 14.0 Å². The van der Waals surface area contributed by atoms with Crippen LogP contribution in [0.25, 0.3) is 11.0 Å². The van der Waals surface area contributed by atoms with Crippen LogP contribution in [0.3, 0.4) is 0 Å². The largest absolute Gasteiger partial charge is 0.349 e. The molecule has 4 aliphatic rings. The molecule has 3 fully saturated rings. The highest BCUT2D eigenvalue weighted by atomic mass is 19.1. The molecule has 7 heteroatoms. The van der Waals surface area contributed by atoms with Crippen LogP contribution in [0, 0.1) is 34.5 Å². The number of amides is 2. The Morgan fingerprint density at radius 3 is 2.77 bits per heavy atom. The molecule has 0 bridgehead atoms. The summed E-state index contributed by atoms with van der Waals surface area (Å²) in [5.41, 5.74) is 1.51. The van der Waals surface area contributed by atoms with Gasteiger partial charge in [0, 0.05) is 24.4 Å². The quantitative estimate of drug-likeness (QED) is 0.669. The van der Waals surface area contributed by atoms with Crippen molar-refractivity contribution in [3.05, 3.63) is 42.0 Å². The van der Waals surface area contributed by atoms with Gasteiger partial charge < -0.3 is 15.2 Å². The zero-order chi connectivity index (χ0) is 24.5. The van der Waals surface area contributed by atoms with Gasteiger partial charge in [0.15, 0.2) is 5.83 Å². The van der Waals surface area contributed by atoms with Crippen LogP contribution in [0.5, 0.6) is 0 Å². The summed E-state index contributed by atoms with van der Waals surface area (Å²) in [7, 11) is 1.75. The zero-order valence-electron chi connectivity index (χ0n) is 20.8. The van der Waals surface area contributed by atoms with Crippen molar-refractivity contribution in [3.63, 3.8) is 0 Å². The Morgan fingerprint density at radius 1 is 1.17 bits per heavy atom. The number of likely N-dealkylation sites (N-methyl/N-ethyl adjacent to an activating group) is 1. The number of carbonyl (C=O) groups excluding carboxylic acids is 2. The molecule has 2 amide bonds. The summed E-state index contributed by atoms with van der Waals surface area (Å²) in [6, 6.07) is 7.95. The zero-order valence-corrected chi connectivity index (χ0v) is 20.8. The third kappa shape index (κ3) is 3.30. The molecule has 2 aromatic rings. The van der Waals surface area contributed by atoms with Crippen molar-refractivity contribution >= 4 is 22.8 Å². The molecule has 0 spiro atoms. The van der Waals surface area contributed by atoms with Gasteiger partial charge >= 0.3 is 0 Å². The number of nitrogens with one attached hydrogen (secondary N) is 2. The molecule has 3 saturated carbocycles. The first-order valence-electron chi connectivity index (χ1n) is 13.1. The smallest absolute Gasteiger partial charge is 0.282 e. The number of H-pyrrole nitrogens is 1. The number of aromatic nitrogens is 2. The van der Waals surface area contributed by atoms with Gasteiger partial charge in [-0.15, -0.1) is 0 Å². The van der Waals surface area contributed by atoms with E-state index in [-0.39, 0.29) is 28.7 Å². The van der Waals surface area contributed by atoms with Crippen LogP contribution in [-0.2, 0) is 16.1 Å². The highest BCUT2D eigenvalue weighted by Gasteiger charge is 2.62. The number of para-hydroxylation sites is 2. The summed E-state index contributed by atoms with van der Waals surface area (Å²) < 4.78 is 14.6.